The van der Waals surface area contributed by atoms with E-state index in [-0.39, 0.29) is 28.6 Å². The van der Waals surface area contributed by atoms with Gasteiger partial charge in [-0.1, -0.05) is 56.0 Å². The van der Waals surface area contributed by atoms with Crippen LogP contribution in [-0.4, -0.2) is 50.5 Å². The summed E-state index contributed by atoms with van der Waals surface area (Å²) < 4.78 is 46.8. The molecule has 0 radical (unpaired) electrons. The third-order valence-electron chi connectivity index (χ3n) is 13.5. The summed E-state index contributed by atoms with van der Waals surface area (Å²) in [5, 5.41) is 24.2. The Hall–Kier alpha value is -3.08. The van der Waals surface area contributed by atoms with Crippen molar-refractivity contribution in [3.05, 3.63) is 77.4 Å². The molecule has 2 bridgehead atoms. The molecule has 0 aliphatic heterocycles. The van der Waals surface area contributed by atoms with Crippen molar-refractivity contribution in [3.8, 4) is 5.75 Å². The number of alkyl halides is 3. The number of aromatic nitrogens is 2. The van der Waals surface area contributed by atoms with Crippen molar-refractivity contribution >= 4 is 28.6 Å². The third-order valence-corrected chi connectivity index (χ3v) is 14.6. The number of aliphatic hydroxyl groups excluding tert-OH is 1. The minimum Gasteiger partial charge on any atom is -0.497 e. The number of Topliss-reactive ketones (excluding diaryl/α,β-unsaturated/α-hetero) is 1. The predicted octanol–water partition coefficient (Wildman–Crippen LogP) is 8.16. The van der Waals surface area contributed by atoms with Crippen LogP contribution in [-0.2, 0) is 6.18 Å². The van der Waals surface area contributed by atoms with Gasteiger partial charge in [-0.25, -0.2) is 4.98 Å². The van der Waals surface area contributed by atoms with Gasteiger partial charge in [0.2, 0.25) is 0 Å². The number of allylic oxidation sites excluding steroid dienone is 4. The maximum Gasteiger partial charge on any atom is 0.416 e. The van der Waals surface area contributed by atoms with Crippen LogP contribution in [0.15, 0.2) is 71.4 Å². The SMILES string of the molecule is COc1ccc2nc(SC[C@]3(O)CC[C@H]4[C@]56C=C[C@@]7(C=C5C(=O)c5cccc(C(F)(F)F)c5)CC(O)CC[C@]7(C)[C@H]6CC[C@@]43C)[nH]c2c1. The van der Waals surface area contributed by atoms with Crippen molar-refractivity contribution in [2.24, 2.45) is 33.5 Å². The van der Waals surface area contributed by atoms with E-state index in [2.05, 4.69) is 31.0 Å². The molecule has 3 saturated carbocycles. The van der Waals surface area contributed by atoms with Crippen LogP contribution in [0.1, 0.15) is 74.7 Å². The van der Waals surface area contributed by atoms with E-state index in [0.29, 0.717) is 42.2 Å². The average molecular weight is 679 g/mol. The van der Waals surface area contributed by atoms with Gasteiger partial charge in [0.05, 0.1) is 35.4 Å². The van der Waals surface area contributed by atoms with E-state index in [9.17, 15) is 28.2 Å². The summed E-state index contributed by atoms with van der Waals surface area (Å²) in [5.74, 6) is 0.702. The minimum atomic E-state index is -4.57. The summed E-state index contributed by atoms with van der Waals surface area (Å²) in [4.78, 5) is 22.7. The van der Waals surface area contributed by atoms with Gasteiger partial charge in [-0.15, -0.1) is 0 Å². The molecule has 3 fully saturated rings. The lowest BCUT2D eigenvalue weighted by molar-refractivity contribution is -0.166. The Balaban J connectivity index is 1.19. The molecule has 1 aromatic heterocycles. The van der Waals surface area contributed by atoms with Crippen LogP contribution >= 0.6 is 11.8 Å². The van der Waals surface area contributed by atoms with Gasteiger partial charge >= 0.3 is 6.18 Å². The molecule has 2 aromatic carbocycles. The summed E-state index contributed by atoms with van der Waals surface area (Å²) in [6.45, 7) is 4.45. The second-order valence-corrected chi connectivity index (χ2v) is 16.4. The molecule has 3 aromatic rings. The number of benzene rings is 2. The molecular weight excluding hydrogens is 637 g/mol. The summed E-state index contributed by atoms with van der Waals surface area (Å²) in [5.41, 5.74) is -1.79. The Morgan fingerprint density at radius 3 is 2.56 bits per heavy atom. The average Bonchev–Trinajstić information content (AvgIpc) is 3.60. The highest BCUT2D eigenvalue weighted by atomic mass is 32.2. The Morgan fingerprint density at radius 2 is 1.79 bits per heavy atom. The first kappa shape index (κ1) is 32.1. The van der Waals surface area contributed by atoms with Crippen molar-refractivity contribution < 1.29 is 32.9 Å². The number of carbonyl (C=O) groups is 1. The van der Waals surface area contributed by atoms with Crippen LogP contribution in [0, 0.1) is 33.5 Å². The monoisotopic (exact) mass is 678 g/mol. The van der Waals surface area contributed by atoms with Gasteiger partial charge in [0.1, 0.15) is 5.75 Å². The van der Waals surface area contributed by atoms with Crippen molar-refractivity contribution in [2.75, 3.05) is 12.9 Å². The van der Waals surface area contributed by atoms with Crippen LogP contribution in [0.4, 0.5) is 13.2 Å². The zero-order valence-electron chi connectivity index (χ0n) is 27.4. The van der Waals surface area contributed by atoms with Crippen LogP contribution in [0.2, 0.25) is 0 Å². The van der Waals surface area contributed by atoms with E-state index in [1.165, 1.54) is 23.9 Å². The summed E-state index contributed by atoms with van der Waals surface area (Å²) >= 11 is 1.49. The van der Waals surface area contributed by atoms with Crippen molar-refractivity contribution in [1.29, 1.82) is 0 Å². The summed E-state index contributed by atoms with van der Waals surface area (Å²) in [6.07, 6.45) is 6.07. The van der Waals surface area contributed by atoms with Crippen LogP contribution < -0.4 is 4.74 Å². The predicted molar refractivity (Wildman–Crippen MR) is 178 cm³/mol. The lowest BCUT2D eigenvalue weighted by Crippen LogP contribution is -2.67. The molecule has 48 heavy (non-hydrogen) atoms. The number of H-pyrrole nitrogens is 1. The molecule has 254 valence electrons. The Bertz CT molecular complexity index is 1890. The summed E-state index contributed by atoms with van der Waals surface area (Å²) in [6, 6.07) is 10.4. The van der Waals surface area contributed by atoms with Gasteiger partial charge in [-0.05, 0) is 86.5 Å². The number of ketones is 1. The fourth-order valence-electron chi connectivity index (χ4n) is 10.9. The first-order chi connectivity index (χ1) is 22.7. The van der Waals surface area contributed by atoms with E-state index in [0.717, 1.165) is 48.2 Å². The molecule has 2 spiro atoms. The largest absolute Gasteiger partial charge is 0.497 e. The zero-order valence-corrected chi connectivity index (χ0v) is 28.2. The van der Waals surface area contributed by atoms with Crippen molar-refractivity contribution in [2.45, 2.75) is 81.8 Å². The first-order valence-electron chi connectivity index (χ1n) is 16.9. The molecule has 10 heteroatoms. The Morgan fingerprint density at radius 1 is 1.04 bits per heavy atom. The number of aliphatic hydroxyl groups is 2. The number of carbonyl (C=O) groups excluding carboxylic acids is 1. The second kappa shape index (κ2) is 10.5. The molecule has 1 heterocycles. The standard InChI is InChI=1S/C38H41F3N2O4S/c1-33-12-9-24(44)19-35(33)15-16-37(26(20-35)31(45)22-5-4-6-23(17-22)38(39,40)41)29(33)10-13-34(2)30(37)11-14-36(34,46)21-48-32-42-27-8-7-25(47-3)18-28(27)43-32/h4-8,15-18,20,24,29-30,44,46H,9-14,19,21H2,1-3H3,(H,42,43)/t24?,29-,30-,33-,34+,35+,36-,37-/m1/s1. The number of aromatic amines is 1. The second-order valence-electron chi connectivity index (χ2n) is 15.4. The highest BCUT2D eigenvalue weighted by Gasteiger charge is 2.74. The number of ether oxygens (including phenoxy) is 1. The molecule has 8 atom stereocenters. The topological polar surface area (TPSA) is 95.4 Å². The molecule has 6 aliphatic rings. The number of nitrogens with one attached hydrogen (secondary N) is 1. The lowest BCUT2D eigenvalue weighted by Gasteiger charge is -2.71. The Labute approximate surface area is 282 Å². The normalized spacial score (nSPS) is 38.3. The Kier molecular flexibility index (Phi) is 7.01. The number of hydrogen-bond donors (Lipinski definition) is 3. The van der Waals surface area contributed by atoms with E-state index in [1.807, 2.05) is 24.3 Å². The van der Waals surface area contributed by atoms with Crippen molar-refractivity contribution in [3.63, 3.8) is 0 Å². The number of rotatable bonds is 6. The number of methoxy groups -OCH3 is 1. The third kappa shape index (κ3) is 4.27. The lowest BCUT2D eigenvalue weighted by atomic mass is 9.32. The molecular formula is C38H41F3N2O4S. The quantitative estimate of drug-likeness (QED) is 0.138. The first-order valence-corrected chi connectivity index (χ1v) is 17.9. The van der Waals surface area contributed by atoms with Gasteiger partial charge < -0.3 is 19.9 Å². The molecule has 9 rings (SSSR count). The van der Waals surface area contributed by atoms with Gasteiger partial charge in [0.25, 0.3) is 0 Å². The van der Waals surface area contributed by atoms with Crippen LogP contribution in [0.3, 0.4) is 0 Å². The van der Waals surface area contributed by atoms with Crippen molar-refractivity contribution in [1.82, 2.24) is 9.97 Å². The van der Waals surface area contributed by atoms with Crippen LogP contribution in [0.25, 0.3) is 11.0 Å². The van der Waals surface area contributed by atoms with E-state index >= 15 is 0 Å². The van der Waals surface area contributed by atoms with Gasteiger partial charge in [0.15, 0.2) is 10.9 Å². The molecule has 6 aliphatic carbocycles. The molecule has 0 saturated heterocycles. The zero-order chi connectivity index (χ0) is 33.9. The van der Waals surface area contributed by atoms with Gasteiger partial charge in [-0.3, -0.25) is 4.79 Å². The fourth-order valence-corrected chi connectivity index (χ4v) is 12.1. The number of fused-ring (bicyclic) bond motifs is 2. The fraction of sp³-hybridized carbons (Fsp3) is 0.526. The number of hydrogen-bond acceptors (Lipinski definition) is 6. The smallest absolute Gasteiger partial charge is 0.416 e. The molecule has 1 unspecified atom stereocenters. The maximum absolute atomic E-state index is 14.7. The molecule has 6 nitrogen and oxygen atoms in total. The van der Waals surface area contributed by atoms with Gasteiger partial charge in [-0.2, -0.15) is 13.2 Å². The number of halogens is 3. The summed E-state index contributed by atoms with van der Waals surface area (Å²) in [7, 11) is 1.62. The maximum atomic E-state index is 14.7. The number of nitrogens with zero attached hydrogens (tertiary/aromatic N) is 1. The molecule has 3 N–H and O–H groups in total. The molecule has 0 amide bonds. The number of thioether (sulfide) groups is 1. The minimum absolute atomic E-state index is 0.0252. The van der Waals surface area contributed by atoms with E-state index < -0.39 is 39.7 Å². The highest BCUT2D eigenvalue weighted by Crippen LogP contribution is 2.78. The van der Waals surface area contributed by atoms with Gasteiger partial charge in [0, 0.05) is 39.2 Å². The van der Waals surface area contributed by atoms with E-state index in [4.69, 9.17) is 9.72 Å². The number of imidazole rings is 1. The highest BCUT2D eigenvalue weighted by molar-refractivity contribution is 7.99. The van der Waals surface area contributed by atoms with E-state index in [1.54, 1.807) is 7.11 Å². The van der Waals surface area contributed by atoms with Crippen LogP contribution in [0.5, 0.6) is 5.75 Å².